The Kier molecular flexibility index (Phi) is 4.55. The van der Waals surface area contributed by atoms with Crippen LogP contribution in [0.3, 0.4) is 0 Å². The molecule has 0 bridgehead atoms. The molecule has 0 N–H and O–H groups in total. The van der Waals surface area contributed by atoms with Crippen molar-refractivity contribution in [1.82, 2.24) is 0 Å². The molecule has 0 spiro atoms. The fourth-order valence-corrected chi connectivity index (χ4v) is 1.25. The van der Waals surface area contributed by atoms with Crippen LogP contribution in [0.1, 0.15) is 50.5 Å². The maximum absolute atomic E-state index is 11.8. The van der Waals surface area contributed by atoms with Gasteiger partial charge in [-0.15, -0.1) is 0 Å². The SMILES string of the molecule is CC(C)C#Cc1ccc(C(=O)OC(C)(C)C)cc1. The summed E-state index contributed by atoms with van der Waals surface area (Å²) in [5.41, 5.74) is 1.00. The minimum absolute atomic E-state index is 0.300. The van der Waals surface area contributed by atoms with Crippen LogP contribution in [-0.2, 0) is 4.74 Å². The third kappa shape index (κ3) is 5.05. The first-order valence-corrected chi connectivity index (χ1v) is 6.13. The van der Waals surface area contributed by atoms with E-state index in [4.69, 9.17) is 4.74 Å². The van der Waals surface area contributed by atoms with E-state index in [1.165, 1.54) is 0 Å². The number of carbonyl (C=O) groups is 1. The lowest BCUT2D eigenvalue weighted by Gasteiger charge is -2.19. The van der Waals surface area contributed by atoms with Gasteiger partial charge in [0.05, 0.1) is 5.56 Å². The first kappa shape index (κ1) is 14.3. The molecule has 2 nitrogen and oxygen atoms in total. The van der Waals surface area contributed by atoms with Crippen LogP contribution in [0.4, 0.5) is 0 Å². The molecule has 0 aliphatic heterocycles. The zero-order chi connectivity index (χ0) is 13.8. The molecule has 96 valence electrons. The highest BCUT2D eigenvalue weighted by Crippen LogP contribution is 2.12. The van der Waals surface area contributed by atoms with Crippen molar-refractivity contribution in [2.24, 2.45) is 5.92 Å². The molecule has 1 aromatic rings. The van der Waals surface area contributed by atoms with Crippen molar-refractivity contribution in [1.29, 1.82) is 0 Å². The first-order valence-electron chi connectivity index (χ1n) is 6.13. The summed E-state index contributed by atoms with van der Waals surface area (Å²) in [5, 5.41) is 0. The summed E-state index contributed by atoms with van der Waals surface area (Å²) >= 11 is 0. The smallest absolute Gasteiger partial charge is 0.338 e. The largest absolute Gasteiger partial charge is 0.456 e. The van der Waals surface area contributed by atoms with E-state index in [0.717, 1.165) is 5.56 Å². The fraction of sp³-hybridized carbons (Fsp3) is 0.438. The van der Waals surface area contributed by atoms with Crippen LogP contribution in [0, 0.1) is 17.8 Å². The molecule has 0 saturated heterocycles. The number of benzene rings is 1. The molecule has 0 aromatic heterocycles. The Balaban J connectivity index is 2.78. The van der Waals surface area contributed by atoms with Gasteiger partial charge in [-0.05, 0) is 45.0 Å². The van der Waals surface area contributed by atoms with Crippen molar-refractivity contribution >= 4 is 5.97 Å². The second kappa shape index (κ2) is 5.73. The summed E-state index contributed by atoms with van der Waals surface area (Å²) in [7, 11) is 0. The van der Waals surface area contributed by atoms with Crippen LogP contribution >= 0.6 is 0 Å². The van der Waals surface area contributed by atoms with Crippen molar-refractivity contribution < 1.29 is 9.53 Å². The van der Waals surface area contributed by atoms with Gasteiger partial charge in [0.2, 0.25) is 0 Å². The van der Waals surface area contributed by atoms with Gasteiger partial charge in [-0.3, -0.25) is 0 Å². The molecule has 0 amide bonds. The highest BCUT2D eigenvalue weighted by molar-refractivity contribution is 5.89. The monoisotopic (exact) mass is 244 g/mol. The summed E-state index contributed by atoms with van der Waals surface area (Å²) in [5.74, 6) is 6.18. The molecule has 0 unspecified atom stereocenters. The molecule has 0 aliphatic carbocycles. The minimum Gasteiger partial charge on any atom is -0.456 e. The van der Waals surface area contributed by atoms with E-state index in [1.54, 1.807) is 12.1 Å². The molecule has 0 atom stereocenters. The number of ether oxygens (including phenoxy) is 1. The van der Waals surface area contributed by atoms with E-state index in [2.05, 4.69) is 11.8 Å². The fourth-order valence-electron chi connectivity index (χ4n) is 1.25. The summed E-state index contributed by atoms with van der Waals surface area (Å²) in [6.45, 7) is 9.65. The zero-order valence-corrected chi connectivity index (χ0v) is 11.7. The Bertz CT molecular complexity index is 465. The zero-order valence-electron chi connectivity index (χ0n) is 11.7. The van der Waals surface area contributed by atoms with E-state index in [9.17, 15) is 4.79 Å². The van der Waals surface area contributed by atoms with E-state index >= 15 is 0 Å². The summed E-state index contributed by atoms with van der Waals surface area (Å²) in [6, 6.07) is 7.18. The van der Waals surface area contributed by atoms with E-state index in [-0.39, 0.29) is 5.97 Å². The van der Waals surface area contributed by atoms with Crippen molar-refractivity contribution in [2.75, 3.05) is 0 Å². The van der Waals surface area contributed by atoms with Crippen LogP contribution in [-0.4, -0.2) is 11.6 Å². The summed E-state index contributed by atoms with van der Waals surface area (Å²) < 4.78 is 5.29. The Morgan fingerprint density at radius 3 is 2.17 bits per heavy atom. The molecule has 0 radical (unpaired) electrons. The molecule has 0 saturated carbocycles. The maximum Gasteiger partial charge on any atom is 0.338 e. The van der Waals surface area contributed by atoms with Gasteiger partial charge in [-0.25, -0.2) is 4.79 Å². The normalized spacial score (nSPS) is 10.8. The van der Waals surface area contributed by atoms with Gasteiger partial charge in [0.15, 0.2) is 0 Å². The lowest BCUT2D eigenvalue weighted by atomic mass is 10.1. The predicted octanol–water partition coefficient (Wildman–Crippen LogP) is 3.65. The van der Waals surface area contributed by atoms with Crippen molar-refractivity contribution in [3.63, 3.8) is 0 Å². The number of rotatable bonds is 1. The quantitative estimate of drug-likeness (QED) is 0.557. The van der Waals surface area contributed by atoms with Gasteiger partial charge in [-0.1, -0.05) is 25.7 Å². The Hall–Kier alpha value is -1.75. The van der Waals surface area contributed by atoms with Gasteiger partial charge in [0.1, 0.15) is 5.60 Å². The Labute approximate surface area is 109 Å². The Morgan fingerprint density at radius 1 is 1.17 bits per heavy atom. The van der Waals surface area contributed by atoms with E-state index in [0.29, 0.717) is 11.5 Å². The van der Waals surface area contributed by atoms with E-state index in [1.807, 2.05) is 46.8 Å². The Morgan fingerprint density at radius 2 is 1.72 bits per heavy atom. The summed E-state index contributed by atoms with van der Waals surface area (Å²) in [6.07, 6.45) is 0. The predicted molar refractivity (Wildman–Crippen MR) is 73.3 cm³/mol. The number of hydrogen-bond donors (Lipinski definition) is 0. The van der Waals surface area contributed by atoms with Gasteiger partial charge >= 0.3 is 5.97 Å². The average molecular weight is 244 g/mol. The molecule has 2 heteroatoms. The highest BCUT2D eigenvalue weighted by atomic mass is 16.6. The first-order chi connectivity index (χ1) is 8.28. The third-order valence-corrected chi connectivity index (χ3v) is 2.02. The molecule has 1 aromatic carbocycles. The summed E-state index contributed by atoms with van der Waals surface area (Å²) in [4.78, 5) is 11.8. The van der Waals surface area contributed by atoms with Gasteiger partial charge in [0, 0.05) is 11.5 Å². The molecule has 0 fully saturated rings. The molecule has 1 rings (SSSR count). The van der Waals surface area contributed by atoms with Crippen LogP contribution in [0.25, 0.3) is 0 Å². The third-order valence-electron chi connectivity index (χ3n) is 2.02. The van der Waals surface area contributed by atoms with Crippen LogP contribution < -0.4 is 0 Å². The van der Waals surface area contributed by atoms with E-state index < -0.39 is 5.60 Å². The van der Waals surface area contributed by atoms with Crippen molar-refractivity contribution in [3.05, 3.63) is 35.4 Å². The van der Waals surface area contributed by atoms with Crippen LogP contribution in [0.5, 0.6) is 0 Å². The lowest BCUT2D eigenvalue weighted by molar-refractivity contribution is 0.00695. The molecular weight excluding hydrogens is 224 g/mol. The average Bonchev–Trinajstić information content (AvgIpc) is 2.24. The standard InChI is InChI=1S/C16H20O2/c1-12(2)6-7-13-8-10-14(11-9-13)15(17)18-16(3,4)5/h8-12H,1-5H3. The maximum atomic E-state index is 11.8. The van der Waals surface area contributed by atoms with Crippen molar-refractivity contribution in [3.8, 4) is 11.8 Å². The lowest BCUT2D eigenvalue weighted by Crippen LogP contribution is -2.23. The molecule has 18 heavy (non-hydrogen) atoms. The van der Waals surface area contributed by atoms with Crippen LogP contribution in [0.2, 0.25) is 0 Å². The molecule has 0 heterocycles. The molecular formula is C16H20O2. The van der Waals surface area contributed by atoms with Crippen molar-refractivity contribution in [2.45, 2.75) is 40.2 Å². The van der Waals surface area contributed by atoms with Gasteiger partial charge in [-0.2, -0.15) is 0 Å². The second-order valence-electron chi connectivity index (χ2n) is 5.50. The highest BCUT2D eigenvalue weighted by Gasteiger charge is 2.17. The number of hydrogen-bond acceptors (Lipinski definition) is 2. The topological polar surface area (TPSA) is 26.3 Å². The minimum atomic E-state index is -0.465. The second-order valence-corrected chi connectivity index (χ2v) is 5.50. The number of esters is 1. The van der Waals surface area contributed by atoms with Gasteiger partial charge < -0.3 is 4.74 Å². The molecule has 0 aliphatic rings. The van der Waals surface area contributed by atoms with Crippen LogP contribution in [0.15, 0.2) is 24.3 Å². The van der Waals surface area contributed by atoms with Gasteiger partial charge in [0.25, 0.3) is 0 Å². The number of carbonyl (C=O) groups excluding carboxylic acids is 1.